The zero-order valence-corrected chi connectivity index (χ0v) is 13.1. The SMILES string of the molecule is CC1(C(=O)Nc2ccccc2SCC(N)=O)CC1(Cl)Cl. The van der Waals surface area contributed by atoms with Crippen LogP contribution < -0.4 is 11.1 Å². The molecule has 1 saturated carbocycles. The Labute approximate surface area is 131 Å². The Hall–Kier alpha value is -0.910. The standard InChI is InChI=1S/C13H14Cl2N2O2S/c1-12(7-13(12,14)15)11(19)17-8-4-2-3-5-9(8)20-6-10(16)18/h2-5H,6-7H2,1H3,(H2,16,18)(H,17,19). The van der Waals surface area contributed by atoms with Crippen molar-refractivity contribution in [2.45, 2.75) is 22.6 Å². The molecule has 1 fully saturated rings. The first-order valence-corrected chi connectivity index (χ1v) is 7.70. The monoisotopic (exact) mass is 332 g/mol. The summed E-state index contributed by atoms with van der Waals surface area (Å²) in [5, 5.41) is 2.81. The normalized spacial score (nSPS) is 23.1. The first-order valence-electron chi connectivity index (χ1n) is 5.96. The summed E-state index contributed by atoms with van der Waals surface area (Å²) in [6.45, 7) is 1.72. The molecule has 0 saturated heterocycles. The van der Waals surface area contributed by atoms with Crippen LogP contribution in [0, 0.1) is 5.41 Å². The number of alkyl halides is 2. The van der Waals surface area contributed by atoms with Crippen LogP contribution in [0.25, 0.3) is 0 Å². The van der Waals surface area contributed by atoms with Crippen molar-refractivity contribution in [2.24, 2.45) is 11.1 Å². The first kappa shape index (κ1) is 15.5. The van der Waals surface area contributed by atoms with Crippen molar-refractivity contribution < 1.29 is 9.59 Å². The third-order valence-corrected chi connectivity index (χ3v) is 5.46. The number of primary amides is 1. The Morgan fingerprint density at radius 2 is 2.00 bits per heavy atom. The molecule has 2 amide bonds. The van der Waals surface area contributed by atoms with E-state index in [1.165, 1.54) is 11.8 Å². The summed E-state index contributed by atoms with van der Waals surface area (Å²) in [5.41, 5.74) is 4.97. The second kappa shape index (κ2) is 5.47. The molecule has 1 aliphatic carbocycles. The van der Waals surface area contributed by atoms with Gasteiger partial charge in [0.25, 0.3) is 0 Å². The molecule has 0 aliphatic heterocycles. The van der Waals surface area contributed by atoms with E-state index in [4.69, 9.17) is 28.9 Å². The van der Waals surface area contributed by atoms with Crippen molar-refractivity contribution in [1.29, 1.82) is 0 Å². The van der Waals surface area contributed by atoms with Crippen LogP contribution >= 0.6 is 35.0 Å². The maximum Gasteiger partial charge on any atom is 0.233 e. The van der Waals surface area contributed by atoms with Crippen molar-refractivity contribution in [3.8, 4) is 0 Å². The van der Waals surface area contributed by atoms with E-state index >= 15 is 0 Å². The van der Waals surface area contributed by atoms with Gasteiger partial charge in [0.1, 0.15) is 4.33 Å². The van der Waals surface area contributed by atoms with Gasteiger partial charge in [0, 0.05) is 4.90 Å². The Kier molecular flexibility index (Phi) is 4.23. The van der Waals surface area contributed by atoms with Gasteiger partial charge in [-0.05, 0) is 25.5 Å². The highest BCUT2D eigenvalue weighted by molar-refractivity contribution is 8.00. The summed E-state index contributed by atoms with van der Waals surface area (Å²) >= 11 is 13.3. The largest absolute Gasteiger partial charge is 0.369 e. The van der Waals surface area contributed by atoms with E-state index in [2.05, 4.69) is 5.32 Å². The van der Waals surface area contributed by atoms with Gasteiger partial charge in [-0.25, -0.2) is 0 Å². The average Bonchev–Trinajstić information content (AvgIpc) is 2.89. The van der Waals surface area contributed by atoms with Crippen molar-refractivity contribution in [3.63, 3.8) is 0 Å². The van der Waals surface area contributed by atoms with E-state index in [9.17, 15) is 9.59 Å². The summed E-state index contributed by atoms with van der Waals surface area (Å²) < 4.78 is -1.01. The third kappa shape index (κ3) is 3.05. The molecule has 108 valence electrons. The molecule has 0 radical (unpaired) electrons. The number of hydrogen-bond donors (Lipinski definition) is 2. The number of anilines is 1. The molecule has 0 spiro atoms. The fraction of sp³-hybridized carbons (Fsp3) is 0.385. The molecule has 2 rings (SSSR count). The summed E-state index contributed by atoms with van der Waals surface area (Å²) in [7, 11) is 0. The van der Waals surface area contributed by atoms with E-state index < -0.39 is 15.7 Å². The summed E-state index contributed by atoms with van der Waals surface area (Å²) in [6, 6.07) is 7.20. The number of nitrogens with two attached hydrogens (primary N) is 1. The van der Waals surface area contributed by atoms with Crippen LogP contribution in [-0.2, 0) is 9.59 Å². The lowest BCUT2D eigenvalue weighted by atomic mass is 10.1. The average molecular weight is 333 g/mol. The van der Waals surface area contributed by atoms with E-state index in [1.54, 1.807) is 19.1 Å². The van der Waals surface area contributed by atoms with Crippen molar-refractivity contribution in [2.75, 3.05) is 11.1 Å². The molecule has 1 aromatic rings. The Balaban J connectivity index is 2.10. The first-order chi connectivity index (χ1) is 9.26. The van der Waals surface area contributed by atoms with Crippen LogP contribution in [-0.4, -0.2) is 21.9 Å². The molecule has 0 bridgehead atoms. The van der Waals surface area contributed by atoms with Crippen LogP contribution in [0.5, 0.6) is 0 Å². The van der Waals surface area contributed by atoms with Crippen LogP contribution in [0.1, 0.15) is 13.3 Å². The van der Waals surface area contributed by atoms with Gasteiger partial charge in [0.05, 0.1) is 16.9 Å². The second-order valence-corrected chi connectivity index (χ2v) is 7.42. The Bertz CT molecular complexity index is 565. The second-order valence-electron chi connectivity index (χ2n) is 4.92. The maximum absolute atomic E-state index is 12.2. The summed E-state index contributed by atoms with van der Waals surface area (Å²) in [5.74, 6) is -0.487. The highest BCUT2D eigenvalue weighted by atomic mass is 35.5. The Morgan fingerprint density at radius 3 is 2.55 bits per heavy atom. The van der Waals surface area contributed by atoms with Gasteiger partial charge >= 0.3 is 0 Å². The molecule has 4 nitrogen and oxygen atoms in total. The lowest BCUT2D eigenvalue weighted by Crippen LogP contribution is -2.26. The van der Waals surface area contributed by atoms with Gasteiger partial charge in [-0.1, -0.05) is 12.1 Å². The van der Waals surface area contributed by atoms with Gasteiger partial charge in [-0.15, -0.1) is 35.0 Å². The molecule has 1 aliphatic rings. The van der Waals surface area contributed by atoms with E-state index in [0.29, 0.717) is 12.1 Å². The van der Waals surface area contributed by atoms with Gasteiger partial charge < -0.3 is 11.1 Å². The minimum absolute atomic E-state index is 0.152. The maximum atomic E-state index is 12.2. The summed E-state index contributed by atoms with van der Waals surface area (Å²) in [4.78, 5) is 23.8. The number of nitrogens with one attached hydrogen (secondary N) is 1. The number of amides is 2. The number of thioether (sulfide) groups is 1. The molecule has 0 heterocycles. The molecule has 3 N–H and O–H groups in total. The van der Waals surface area contributed by atoms with E-state index in [-0.39, 0.29) is 11.7 Å². The highest BCUT2D eigenvalue weighted by Crippen LogP contribution is 2.64. The quantitative estimate of drug-likeness (QED) is 0.643. The molecule has 0 aromatic heterocycles. The van der Waals surface area contributed by atoms with Crippen LogP contribution in [0.15, 0.2) is 29.2 Å². The summed E-state index contributed by atoms with van der Waals surface area (Å²) in [6.07, 6.45) is 0.422. The molecule has 1 unspecified atom stereocenters. The highest BCUT2D eigenvalue weighted by Gasteiger charge is 2.67. The zero-order chi connectivity index (χ0) is 15.0. The number of benzene rings is 1. The van der Waals surface area contributed by atoms with Crippen LogP contribution in [0.3, 0.4) is 0 Å². The molecular formula is C13H14Cl2N2O2S. The number of carbonyl (C=O) groups is 2. The predicted octanol–water partition coefficient (Wildman–Crippen LogP) is 2.79. The zero-order valence-electron chi connectivity index (χ0n) is 10.8. The van der Waals surface area contributed by atoms with Crippen molar-refractivity contribution in [1.82, 2.24) is 0 Å². The predicted molar refractivity (Wildman–Crippen MR) is 82.2 cm³/mol. The van der Waals surface area contributed by atoms with E-state index in [1.807, 2.05) is 12.1 Å². The number of para-hydroxylation sites is 1. The molecule has 1 atom stereocenters. The topological polar surface area (TPSA) is 72.2 Å². The van der Waals surface area contributed by atoms with Gasteiger partial charge in [-0.3, -0.25) is 9.59 Å². The third-order valence-electron chi connectivity index (χ3n) is 3.26. The minimum atomic E-state index is -1.01. The van der Waals surface area contributed by atoms with Crippen LogP contribution in [0.2, 0.25) is 0 Å². The van der Waals surface area contributed by atoms with Gasteiger partial charge in [0.15, 0.2) is 0 Å². The number of carbonyl (C=O) groups excluding carboxylic acids is 2. The molecule has 20 heavy (non-hydrogen) atoms. The fourth-order valence-corrected chi connectivity index (χ4v) is 3.20. The van der Waals surface area contributed by atoms with Crippen molar-refractivity contribution >= 4 is 52.5 Å². The number of hydrogen-bond acceptors (Lipinski definition) is 3. The van der Waals surface area contributed by atoms with E-state index in [0.717, 1.165) is 4.90 Å². The van der Waals surface area contributed by atoms with Gasteiger partial charge in [-0.2, -0.15) is 0 Å². The molecule has 7 heteroatoms. The lowest BCUT2D eigenvalue weighted by Gasteiger charge is -2.15. The lowest BCUT2D eigenvalue weighted by molar-refractivity contribution is -0.120. The fourth-order valence-electron chi connectivity index (χ4n) is 1.75. The number of rotatable bonds is 5. The van der Waals surface area contributed by atoms with Crippen molar-refractivity contribution in [3.05, 3.63) is 24.3 Å². The molecule has 1 aromatic carbocycles. The minimum Gasteiger partial charge on any atom is -0.369 e. The Morgan fingerprint density at radius 1 is 1.40 bits per heavy atom. The number of halogens is 2. The van der Waals surface area contributed by atoms with Crippen LogP contribution in [0.4, 0.5) is 5.69 Å². The van der Waals surface area contributed by atoms with Gasteiger partial charge in [0.2, 0.25) is 11.8 Å². The molecular weight excluding hydrogens is 319 g/mol. The smallest absolute Gasteiger partial charge is 0.233 e.